The second-order valence-electron chi connectivity index (χ2n) is 8.41. The van der Waals surface area contributed by atoms with Gasteiger partial charge in [-0.3, -0.25) is 9.36 Å². The summed E-state index contributed by atoms with van der Waals surface area (Å²) in [6.07, 6.45) is 1.68. The van der Waals surface area contributed by atoms with Crippen LogP contribution < -0.4 is 19.6 Å². The van der Waals surface area contributed by atoms with Gasteiger partial charge in [-0.25, -0.2) is 9.79 Å². The molecule has 3 heterocycles. The van der Waals surface area contributed by atoms with E-state index in [1.165, 1.54) is 15.9 Å². The Morgan fingerprint density at radius 2 is 1.97 bits per heavy atom. The normalized spacial score (nSPS) is 15.3. The fourth-order valence-corrected chi connectivity index (χ4v) is 5.71. The Morgan fingerprint density at radius 1 is 1.21 bits per heavy atom. The number of hydrogen-bond acceptors (Lipinski definition) is 7. The van der Waals surface area contributed by atoms with Crippen LogP contribution in [0.4, 0.5) is 0 Å². The molecule has 0 unspecified atom stereocenters. The number of carbonyl (C=O) groups is 1. The molecule has 0 saturated carbocycles. The summed E-state index contributed by atoms with van der Waals surface area (Å²) in [6, 6.07) is 15.7. The van der Waals surface area contributed by atoms with Gasteiger partial charge in [0.15, 0.2) is 4.80 Å². The summed E-state index contributed by atoms with van der Waals surface area (Å²) in [5, 5.41) is 0.570. The molecule has 0 saturated heterocycles. The highest BCUT2D eigenvalue weighted by Crippen LogP contribution is 2.32. The van der Waals surface area contributed by atoms with E-state index in [1.54, 1.807) is 51.3 Å². The van der Waals surface area contributed by atoms with Crippen LogP contribution in [0.25, 0.3) is 17.4 Å². The fraction of sp³-hybridized carbons (Fsp3) is 0.179. The van der Waals surface area contributed by atoms with E-state index in [0.717, 1.165) is 15.6 Å². The molecule has 0 spiro atoms. The van der Waals surface area contributed by atoms with Gasteiger partial charge in [0.05, 0.1) is 40.6 Å². The zero-order valence-corrected chi connectivity index (χ0v) is 23.8. The second-order valence-corrected chi connectivity index (χ2v) is 10.7. The van der Waals surface area contributed by atoms with Crippen molar-refractivity contribution >= 4 is 50.9 Å². The van der Waals surface area contributed by atoms with Crippen LogP contribution in [0, 0.1) is 0 Å². The van der Waals surface area contributed by atoms with E-state index in [9.17, 15) is 9.59 Å². The summed E-state index contributed by atoms with van der Waals surface area (Å²) in [5.41, 5.74) is 2.10. The first-order valence-electron chi connectivity index (χ1n) is 11.7. The number of allylic oxidation sites excluding steroid dienone is 1. The lowest BCUT2D eigenvalue weighted by Crippen LogP contribution is -2.39. The van der Waals surface area contributed by atoms with E-state index in [-0.39, 0.29) is 12.2 Å². The van der Waals surface area contributed by atoms with Gasteiger partial charge in [0, 0.05) is 16.1 Å². The van der Waals surface area contributed by atoms with Gasteiger partial charge in [0.2, 0.25) is 0 Å². The number of ether oxygens (including phenoxy) is 2. The highest BCUT2D eigenvalue weighted by atomic mass is 79.9. The number of hydrogen-bond donors (Lipinski definition) is 0. The van der Waals surface area contributed by atoms with Gasteiger partial charge in [0.25, 0.3) is 5.56 Å². The first kappa shape index (κ1) is 26.2. The van der Waals surface area contributed by atoms with Crippen molar-refractivity contribution in [2.24, 2.45) is 4.99 Å². The number of aromatic nitrogens is 1. The van der Waals surface area contributed by atoms with Crippen LogP contribution in [0.1, 0.15) is 31.2 Å². The smallest absolute Gasteiger partial charge is 0.338 e. The summed E-state index contributed by atoms with van der Waals surface area (Å²) in [5.74, 6) is 1.29. The lowest BCUT2D eigenvalue weighted by molar-refractivity contribution is -0.139. The molecular weight excluding hydrogens is 592 g/mol. The quantitative estimate of drug-likeness (QED) is 0.269. The van der Waals surface area contributed by atoms with Crippen molar-refractivity contribution in [2.75, 3.05) is 13.7 Å². The monoisotopic (exact) mass is 612 g/mol. The highest BCUT2D eigenvalue weighted by Gasteiger charge is 2.33. The van der Waals surface area contributed by atoms with E-state index < -0.39 is 12.0 Å². The maximum absolute atomic E-state index is 13.7. The van der Waals surface area contributed by atoms with Crippen LogP contribution in [0.5, 0.6) is 5.75 Å². The average molecular weight is 614 g/mol. The molecular formula is C28H22BrClN2O5S. The lowest BCUT2D eigenvalue weighted by atomic mass is 9.96. The molecule has 0 bridgehead atoms. The number of thiazole rings is 1. The average Bonchev–Trinajstić information content (AvgIpc) is 3.49. The molecule has 0 aliphatic carbocycles. The molecule has 1 aliphatic rings. The zero-order chi connectivity index (χ0) is 27.0. The number of fused-ring (bicyclic) bond motifs is 1. The minimum Gasteiger partial charge on any atom is -0.497 e. The topological polar surface area (TPSA) is 83.0 Å². The number of furan rings is 1. The molecule has 0 amide bonds. The summed E-state index contributed by atoms with van der Waals surface area (Å²) < 4.78 is 19.4. The van der Waals surface area contributed by atoms with Crippen molar-refractivity contribution < 1.29 is 18.7 Å². The molecule has 1 aliphatic heterocycles. The van der Waals surface area contributed by atoms with Crippen molar-refractivity contribution in [3.63, 3.8) is 0 Å². The molecule has 7 nitrogen and oxygen atoms in total. The Labute approximate surface area is 235 Å². The third-order valence-electron chi connectivity index (χ3n) is 6.05. The molecule has 0 fully saturated rings. The van der Waals surface area contributed by atoms with Gasteiger partial charge in [-0.1, -0.05) is 41.1 Å². The number of rotatable bonds is 6. The van der Waals surface area contributed by atoms with E-state index in [4.69, 9.17) is 25.5 Å². The van der Waals surface area contributed by atoms with Crippen molar-refractivity contribution in [3.05, 3.63) is 106 Å². The predicted molar refractivity (Wildman–Crippen MR) is 150 cm³/mol. The number of carbonyl (C=O) groups excluding carboxylic acids is 1. The second kappa shape index (κ2) is 10.8. The molecule has 194 valence electrons. The Kier molecular flexibility index (Phi) is 7.43. The van der Waals surface area contributed by atoms with Crippen LogP contribution in [0.2, 0.25) is 5.02 Å². The number of methoxy groups -OCH3 is 1. The lowest BCUT2D eigenvalue weighted by Gasteiger charge is -2.24. The standard InChI is InChI=1S/C28H22BrClN2O5S/c1-4-36-27(34)24-15(2)31-28-32(25(24)16-5-8-18(35-3)9-6-16)26(33)23(38-28)14-19-10-12-22(37-19)17-7-11-20(29)21(30)13-17/h5-14,25H,4H2,1-3H3/b23-14-/t25-/m1/s1. The first-order chi connectivity index (χ1) is 18.3. The summed E-state index contributed by atoms with van der Waals surface area (Å²) in [4.78, 5) is 31.8. The Morgan fingerprint density at radius 3 is 2.66 bits per heavy atom. The molecule has 5 rings (SSSR count). The Bertz CT molecular complexity index is 1750. The number of esters is 1. The van der Waals surface area contributed by atoms with Gasteiger partial charge >= 0.3 is 5.97 Å². The van der Waals surface area contributed by atoms with Crippen LogP contribution in [0.3, 0.4) is 0 Å². The molecule has 4 aromatic rings. The SMILES string of the molecule is CCOC(=O)C1=C(C)N=c2s/c(=C\c3ccc(-c4ccc(Br)c(Cl)c4)o3)c(=O)n2[C@@H]1c1ccc(OC)cc1. The number of halogens is 2. The maximum Gasteiger partial charge on any atom is 0.338 e. The van der Waals surface area contributed by atoms with Gasteiger partial charge in [-0.15, -0.1) is 0 Å². The van der Waals surface area contributed by atoms with Crippen molar-refractivity contribution in [3.8, 4) is 17.1 Å². The van der Waals surface area contributed by atoms with E-state index in [1.807, 2.05) is 30.3 Å². The molecule has 0 radical (unpaired) electrons. The van der Waals surface area contributed by atoms with Crippen molar-refractivity contribution in [2.45, 2.75) is 19.9 Å². The van der Waals surface area contributed by atoms with Gasteiger partial charge in [-0.05, 0) is 71.7 Å². The minimum atomic E-state index is -0.699. The molecule has 2 aromatic carbocycles. The number of benzene rings is 2. The fourth-order valence-electron chi connectivity index (χ4n) is 4.26. The third-order valence-corrected chi connectivity index (χ3v) is 8.27. The Hall–Kier alpha value is -3.40. The van der Waals surface area contributed by atoms with Crippen LogP contribution in [-0.4, -0.2) is 24.3 Å². The highest BCUT2D eigenvalue weighted by molar-refractivity contribution is 9.10. The Balaban J connectivity index is 1.62. The van der Waals surface area contributed by atoms with Crippen LogP contribution in [0.15, 0.2) is 84.5 Å². The molecule has 0 N–H and O–H groups in total. The largest absolute Gasteiger partial charge is 0.497 e. The maximum atomic E-state index is 13.7. The van der Waals surface area contributed by atoms with Gasteiger partial charge in [0.1, 0.15) is 17.3 Å². The van der Waals surface area contributed by atoms with Crippen LogP contribution >= 0.6 is 38.9 Å². The molecule has 2 aromatic heterocycles. The minimum absolute atomic E-state index is 0.208. The van der Waals surface area contributed by atoms with Crippen LogP contribution in [-0.2, 0) is 9.53 Å². The third kappa shape index (κ3) is 4.89. The summed E-state index contributed by atoms with van der Waals surface area (Å²) in [6.45, 7) is 3.70. The summed E-state index contributed by atoms with van der Waals surface area (Å²) in [7, 11) is 1.58. The van der Waals surface area contributed by atoms with Crippen molar-refractivity contribution in [1.82, 2.24) is 4.57 Å². The van der Waals surface area contributed by atoms with E-state index in [0.29, 0.717) is 42.9 Å². The molecule has 38 heavy (non-hydrogen) atoms. The van der Waals surface area contributed by atoms with Gasteiger partial charge < -0.3 is 13.9 Å². The van der Waals surface area contributed by atoms with Gasteiger partial charge in [-0.2, -0.15) is 0 Å². The zero-order valence-electron chi connectivity index (χ0n) is 20.7. The van der Waals surface area contributed by atoms with E-state index in [2.05, 4.69) is 20.9 Å². The van der Waals surface area contributed by atoms with Crippen molar-refractivity contribution in [1.29, 1.82) is 0 Å². The predicted octanol–water partition coefficient (Wildman–Crippen LogP) is 5.48. The molecule has 10 heteroatoms. The number of nitrogens with zero attached hydrogens (tertiary/aromatic N) is 2. The first-order valence-corrected chi connectivity index (χ1v) is 13.7. The molecule has 1 atom stereocenters. The van der Waals surface area contributed by atoms with E-state index >= 15 is 0 Å². The summed E-state index contributed by atoms with van der Waals surface area (Å²) >= 11 is 10.9.